The summed E-state index contributed by atoms with van der Waals surface area (Å²) in [4.78, 5) is 2.52. The molecule has 0 saturated carbocycles. The fourth-order valence-corrected chi connectivity index (χ4v) is 10.8. The molecule has 2 aromatic heterocycles. The molecule has 0 spiro atoms. The number of aryl methyl sites for hydroxylation is 2. The van der Waals surface area contributed by atoms with Crippen molar-refractivity contribution in [2.45, 2.75) is 26.7 Å². The Morgan fingerprint density at radius 1 is 0.393 bits per heavy atom. The van der Waals surface area contributed by atoms with Crippen molar-refractivity contribution >= 4 is 105 Å². The molecule has 0 atom stereocenters. The van der Waals surface area contributed by atoms with Gasteiger partial charge in [0.25, 0.3) is 0 Å². The van der Waals surface area contributed by atoms with Crippen molar-refractivity contribution in [3.8, 4) is 11.4 Å². The van der Waals surface area contributed by atoms with Crippen LogP contribution in [0.3, 0.4) is 0 Å². The van der Waals surface area contributed by atoms with Crippen molar-refractivity contribution in [3.63, 3.8) is 0 Å². The number of fused-ring (bicyclic) bond motifs is 8. The summed E-state index contributed by atoms with van der Waals surface area (Å²) >= 11 is 0. The van der Waals surface area contributed by atoms with Gasteiger partial charge in [0.15, 0.2) is 0 Å². The molecule has 10 aromatic carbocycles. The Balaban J connectivity index is 1.12. The zero-order valence-electron chi connectivity index (χ0n) is 34.2. The summed E-state index contributed by atoms with van der Waals surface area (Å²) in [5.74, 6) is 0. The third-order valence-electron chi connectivity index (χ3n) is 13.3. The lowest BCUT2D eigenvalue weighted by atomic mass is 9.89. The van der Waals surface area contributed by atoms with Gasteiger partial charge in [-0.25, -0.2) is 0 Å². The van der Waals surface area contributed by atoms with Crippen LogP contribution in [0.25, 0.3) is 99.3 Å². The van der Waals surface area contributed by atoms with Crippen LogP contribution in [-0.4, -0.2) is 9.13 Å². The third kappa shape index (κ3) is 4.98. The number of para-hydroxylation sites is 1. The van der Waals surface area contributed by atoms with Gasteiger partial charge >= 0.3 is 0 Å². The van der Waals surface area contributed by atoms with E-state index in [9.17, 15) is 0 Å². The van der Waals surface area contributed by atoms with Crippen molar-refractivity contribution in [2.75, 3.05) is 4.90 Å². The molecule has 1 aliphatic rings. The number of hydrogen-bond donors (Lipinski definition) is 0. The zero-order valence-corrected chi connectivity index (χ0v) is 34.2. The van der Waals surface area contributed by atoms with E-state index in [1.54, 1.807) is 0 Å². The second kappa shape index (κ2) is 12.9. The number of benzene rings is 10. The molecule has 0 N–H and O–H groups in total. The Morgan fingerprint density at radius 3 is 1.69 bits per heavy atom. The topological polar surface area (TPSA) is 13.1 Å². The number of rotatable bonds is 5. The van der Waals surface area contributed by atoms with Gasteiger partial charge in [-0.15, -0.1) is 0 Å². The van der Waals surface area contributed by atoms with E-state index in [4.69, 9.17) is 0 Å². The fraction of sp³-hybridized carbons (Fsp3) is 0.0690. The molecule has 3 heteroatoms. The van der Waals surface area contributed by atoms with Gasteiger partial charge < -0.3 is 14.0 Å². The Morgan fingerprint density at radius 2 is 0.951 bits per heavy atom. The molecule has 3 nitrogen and oxygen atoms in total. The van der Waals surface area contributed by atoms with Crippen molar-refractivity contribution in [3.05, 3.63) is 198 Å². The number of anilines is 3. The van der Waals surface area contributed by atoms with Gasteiger partial charge in [0, 0.05) is 54.9 Å². The Kier molecular flexibility index (Phi) is 7.27. The highest BCUT2D eigenvalue weighted by Gasteiger charge is 2.23. The van der Waals surface area contributed by atoms with Gasteiger partial charge in [-0.2, -0.15) is 0 Å². The SMILES string of the molecule is Cc1cccc(-n2c3c(c4cc(N(c5ccc6c(c5)c5ccccc5n6-c5cccc(C)c5)c5ccc6c7cccc8cccc(c9cccc5c96)c87)ccc42)=CCCC=3)c1. The molecule has 0 amide bonds. The maximum Gasteiger partial charge on any atom is 0.0542 e. The van der Waals surface area contributed by atoms with Gasteiger partial charge in [-0.3, -0.25) is 0 Å². The van der Waals surface area contributed by atoms with Crippen molar-refractivity contribution in [1.82, 2.24) is 9.13 Å². The van der Waals surface area contributed by atoms with Gasteiger partial charge in [0.2, 0.25) is 0 Å². The fourth-order valence-electron chi connectivity index (χ4n) is 10.8. The third-order valence-corrected chi connectivity index (χ3v) is 13.3. The molecule has 0 bridgehead atoms. The minimum Gasteiger partial charge on any atom is -0.310 e. The number of aromatic nitrogens is 2. The second-order valence-corrected chi connectivity index (χ2v) is 17.0. The number of hydrogen-bond acceptors (Lipinski definition) is 1. The Bertz CT molecular complexity index is 3870. The molecule has 0 radical (unpaired) electrons. The summed E-state index contributed by atoms with van der Waals surface area (Å²) in [6.07, 6.45) is 6.96. The van der Waals surface area contributed by atoms with E-state index in [1.807, 2.05) is 0 Å². The first-order chi connectivity index (χ1) is 30.1. The van der Waals surface area contributed by atoms with Crippen molar-refractivity contribution in [1.29, 1.82) is 0 Å². The Labute approximate surface area is 353 Å². The van der Waals surface area contributed by atoms with Crippen LogP contribution in [-0.2, 0) is 0 Å². The average molecular weight is 780 g/mol. The maximum absolute atomic E-state index is 2.52. The minimum absolute atomic E-state index is 1.04. The van der Waals surface area contributed by atoms with E-state index in [2.05, 4.69) is 216 Å². The molecule has 0 saturated heterocycles. The Hall–Kier alpha value is -7.62. The van der Waals surface area contributed by atoms with E-state index in [1.165, 1.54) is 109 Å². The highest BCUT2D eigenvalue weighted by Crippen LogP contribution is 2.47. The number of nitrogens with zero attached hydrogens (tertiary/aromatic N) is 3. The van der Waals surface area contributed by atoms with Crippen molar-refractivity contribution in [2.24, 2.45) is 0 Å². The molecule has 0 fully saturated rings. The predicted molar refractivity (Wildman–Crippen MR) is 260 cm³/mol. The normalized spacial score (nSPS) is 12.9. The first-order valence-corrected chi connectivity index (χ1v) is 21.5. The van der Waals surface area contributed by atoms with Crippen LogP contribution in [0.5, 0.6) is 0 Å². The first-order valence-electron chi connectivity index (χ1n) is 21.5. The lowest BCUT2D eigenvalue weighted by Crippen LogP contribution is -2.30. The summed E-state index contributed by atoms with van der Waals surface area (Å²) in [6, 6.07) is 66.0. The molecule has 0 aliphatic heterocycles. The van der Waals surface area contributed by atoms with E-state index in [0.29, 0.717) is 0 Å². The zero-order chi connectivity index (χ0) is 40.3. The average Bonchev–Trinajstić information content (AvgIpc) is 3.81. The first kappa shape index (κ1) is 34.3. The summed E-state index contributed by atoms with van der Waals surface area (Å²) in [6.45, 7) is 4.35. The van der Waals surface area contributed by atoms with Crippen molar-refractivity contribution < 1.29 is 0 Å². The minimum atomic E-state index is 1.04. The summed E-state index contributed by atoms with van der Waals surface area (Å²) < 4.78 is 4.89. The lowest BCUT2D eigenvalue weighted by Gasteiger charge is -2.28. The second-order valence-electron chi connectivity index (χ2n) is 17.0. The van der Waals surface area contributed by atoms with E-state index in [-0.39, 0.29) is 0 Å². The molecule has 2 heterocycles. The summed E-state index contributed by atoms with van der Waals surface area (Å²) in [5, 5.41) is 16.7. The van der Waals surface area contributed by atoms with Crippen LogP contribution < -0.4 is 15.5 Å². The van der Waals surface area contributed by atoms with Crippen LogP contribution in [0.4, 0.5) is 17.1 Å². The van der Waals surface area contributed by atoms with Crippen LogP contribution >= 0.6 is 0 Å². The van der Waals surface area contributed by atoms with Gasteiger partial charge in [0.1, 0.15) is 0 Å². The smallest absolute Gasteiger partial charge is 0.0542 e. The molecule has 0 unspecified atom stereocenters. The van der Waals surface area contributed by atoms with E-state index < -0.39 is 0 Å². The molecule has 61 heavy (non-hydrogen) atoms. The van der Waals surface area contributed by atoms with Gasteiger partial charge in [-0.1, -0.05) is 115 Å². The monoisotopic (exact) mass is 779 g/mol. The van der Waals surface area contributed by atoms with Gasteiger partial charge in [-0.05, 0) is 148 Å². The van der Waals surface area contributed by atoms with E-state index in [0.717, 1.165) is 29.9 Å². The largest absolute Gasteiger partial charge is 0.310 e. The molecule has 288 valence electrons. The quantitative estimate of drug-likeness (QED) is 0.125. The maximum atomic E-state index is 2.52. The summed E-state index contributed by atoms with van der Waals surface area (Å²) in [7, 11) is 0. The molecule has 1 aliphatic carbocycles. The molecule has 12 aromatic rings. The van der Waals surface area contributed by atoms with Crippen LogP contribution in [0.1, 0.15) is 24.0 Å². The van der Waals surface area contributed by atoms with Crippen LogP contribution in [0.2, 0.25) is 0 Å². The summed E-state index contributed by atoms with van der Waals surface area (Å²) in [5.41, 5.74) is 11.9. The van der Waals surface area contributed by atoms with E-state index >= 15 is 0 Å². The highest BCUT2D eigenvalue weighted by atomic mass is 15.1. The van der Waals surface area contributed by atoms with Gasteiger partial charge in [0.05, 0.1) is 22.2 Å². The lowest BCUT2D eigenvalue weighted by molar-refractivity contribution is 1.02. The van der Waals surface area contributed by atoms with Crippen LogP contribution in [0.15, 0.2) is 176 Å². The predicted octanol–water partition coefficient (Wildman–Crippen LogP) is 14.2. The standard InChI is InChI=1S/C58H41N3/c1-36-12-7-16-39(32-36)60-52-24-5-3-18-43(52)50-34-41(26-29-55(50)60)59(42-27-30-56-51(35-42)44-19-4-6-25-53(44)61(56)40-17-8-13-37(2)33-40)54-31-28-48-46-21-10-15-38-14-9-20-45(57(38)46)47-22-11-23-49(54)58(47)48/h3,5,7-35H,4,6H2,1-2H3. The highest BCUT2D eigenvalue weighted by molar-refractivity contribution is 6.34. The molecular formula is C58H41N3. The van der Waals surface area contributed by atoms with Crippen LogP contribution in [0, 0.1) is 13.8 Å². The molecule has 13 rings (SSSR count). The molecular weight excluding hydrogens is 739 g/mol.